The summed E-state index contributed by atoms with van der Waals surface area (Å²) in [6, 6.07) is 8.97. The Kier molecular flexibility index (Phi) is 4.65. The fraction of sp³-hybridized carbons (Fsp3) is 0.364. The Bertz CT molecular complexity index is 316. The summed E-state index contributed by atoms with van der Waals surface area (Å²) in [5.41, 5.74) is 6.54. The number of likely N-dealkylation sites (N-methyl/N-ethyl adjacent to an activating group) is 1. The number of nitrogens with two attached hydrogens (primary N) is 1. The highest BCUT2D eigenvalue weighted by atomic mass is 32.1. The third-order valence-electron chi connectivity index (χ3n) is 2.16. The van der Waals surface area contributed by atoms with Crippen LogP contribution in [0, 0.1) is 0 Å². The Morgan fingerprint density at radius 2 is 2.07 bits per heavy atom. The average molecular weight is 224 g/mol. The summed E-state index contributed by atoms with van der Waals surface area (Å²) in [6.45, 7) is 2.54. The SMILES string of the molecule is CCN(C(=O)C(N)CS)c1ccccc1. The van der Waals surface area contributed by atoms with Gasteiger partial charge in [0.25, 0.3) is 0 Å². The highest BCUT2D eigenvalue weighted by Gasteiger charge is 2.19. The van der Waals surface area contributed by atoms with Gasteiger partial charge in [0.15, 0.2) is 0 Å². The van der Waals surface area contributed by atoms with E-state index in [9.17, 15) is 4.79 Å². The van der Waals surface area contributed by atoms with Gasteiger partial charge in [-0.25, -0.2) is 0 Å². The summed E-state index contributed by atoms with van der Waals surface area (Å²) in [7, 11) is 0. The van der Waals surface area contributed by atoms with Crippen molar-refractivity contribution in [1.29, 1.82) is 0 Å². The second-order valence-electron chi connectivity index (χ2n) is 3.21. The first kappa shape index (κ1) is 12.1. The molecule has 0 aliphatic rings. The zero-order valence-electron chi connectivity index (χ0n) is 8.76. The van der Waals surface area contributed by atoms with Crippen LogP contribution in [0.2, 0.25) is 0 Å². The van der Waals surface area contributed by atoms with Crippen molar-refractivity contribution in [2.45, 2.75) is 13.0 Å². The van der Waals surface area contributed by atoms with E-state index >= 15 is 0 Å². The average Bonchev–Trinajstić information content (AvgIpc) is 2.30. The van der Waals surface area contributed by atoms with Crippen LogP contribution in [0.3, 0.4) is 0 Å². The smallest absolute Gasteiger partial charge is 0.244 e. The van der Waals surface area contributed by atoms with Crippen molar-refractivity contribution in [2.75, 3.05) is 17.2 Å². The van der Waals surface area contributed by atoms with Crippen LogP contribution in [0.1, 0.15) is 6.92 Å². The molecular weight excluding hydrogens is 208 g/mol. The normalized spacial score (nSPS) is 12.2. The van der Waals surface area contributed by atoms with Gasteiger partial charge >= 0.3 is 0 Å². The van der Waals surface area contributed by atoms with Crippen LogP contribution < -0.4 is 10.6 Å². The second kappa shape index (κ2) is 5.78. The van der Waals surface area contributed by atoms with E-state index < -0.39 is 6.04 Å². The van der Waals surface area contributed by atoms with Crippen molar-refractivity contribution in [3.8, 4) is 0 Å². The van der Waals surface area contributed by atoms with Gasteiger partial charge in [-0.2, -0.15) is 12.6 Å². The fourth-order valence-corrected chi connectivity index (χ4v) is 1.51. The molecule has 1 amide bonds. The van der Waals surface area contributed by atoms with E-state index in [1.54, 1.807) is 4.90 Å². The molecule has 1 atom stereocenters. The second-order valence-corrected chi connectivity index (χ2v) is 3.57. The van der Waals surface area contributed by atoms with Crippen LogP contribution >= 0.6 is 12.6 Å². The summed E-state index contributed by atoms with van der Waals surface area (Å²) < 4.78 is 0. The third-order valence-corrected chi connectivity index (χ3v) is 2.56. The van der Waals surface area contributed by atoms with E-state index in [4.69, 9.17) is 5.73 Å². The van der Waals surface area contributed by atoms with Crippen LogP contribution in [-0.4, -0.2) is 24.2 Å². The van der Waals surface area contributed by atoms with E-state index in [-0.39, 0.29) is 5.91 Å². The quantitative estimate of drug-likeness (QED) is 0.757. The van der Waals surface area contributed by atoms with Gasteiger partial charge in [-0.3, -0.25) is 4.79 Å². The zero-order chi connectivity index (χ0) is 11.3. The molecule has 0 bridgehead atoms. The molecule has 1 rings (SSSR count). The highest BCUT2D eigenvalue weighted by molar-refractivity contribution is 7.80. The van der Waals surface area contributed by atoms with Crippen molar-refractivity contribution in [3.05, 3.63) is 30.3 Å². The van der Waals surface area contributed by atoms with Crippen molar-refractivity contribution in [2.24, 2.45) is 5.73 Å². The summed E-state index contributed by atoms with van der Waals surface area (Å²) in [4.78, 5) is 13.5. The number of rotatable bonds is 4. The molecule has 0 aliphatic heterocycles. The molecule has 0 saturated heterocycles. The summed E-state index contributed by atoms with van der Waals surface area (Å²) in [5.74, 6) is 0.279. The minimum absolute atomic E-state index is 0.0845. The molecule has 0 aliphatic carbocycles. The number of hydrogen-bond acceptors (Lipinski definition) is 3. The first-order valence-electron chi connectivity index (χ1n) is 4.93. The number of hydrogen-bond donors (Lipinski definition) is 2. The van der Waals surface area contributed by atoms with Gasteiger partial charge in [-0.15, -0.1) is 0 Å². The van der Waals surface area contributed by atoms with E-state index in [2.05, 4.69) is 12.6 Å². The first-order chi connectivity index (χ1) is 7.20. The Labute approximate surface area is 95.7 Å². The van der Waals surface area contributed by atoms with Gasteiger partial charge in [-0.1, -0.05) is 18.2 Å². The largest absolute Gasteiger partial charge is 0.319 e. The minimum atomic E-state index is -0.534. The monoisotopic (exact) mass is 224 g/mol. The van der Waals surface area contributed by atoms with Gasteiger partial charge < -0.3 is 10.6 Å². The maximum absolute atomic E-state index is 11.9. The Morgan fingerprint density at radius 3 is 2.53 bits per heavy atom. The molecule has 2 N–H and O–H groups in total. The molecule has 82 valence electrons. The lowest BCUT2D eigenvalue weighted by molar-refractivity contribution is -0.119. The molecule has 1 aromatic rings. The van der Waals surface area contributed by atoms with E-state index in [1.165, 1.54) is 0 Å². The number of carbonyl (C=O) groups excluding carboxylic acids is 1. The number of nitrogens with zero attached hydrogens (tertiary/aromatic N) is 1. The molecule has 0 heterocycles. The molecular formula is C11H16N2OS. The lowest BCUT2D eigenvalue weighted by Gasteiger charge is -2.23. The Balaban J connectivity index is 2.85. The van der Waals surface area contributed by atoms with Gasteiger partial charge in [0.1, 0.15) is 0 Å². The molecule has 0 radical (unpaired) electrons. The lowest BCUT2D eigenvalue weighted by Crippen LogP contribution is -2.45. The topological polar surface area (TPSA) is 46.3 Å². The molecule has 0 fully saturated rings. The molecule has 0 spiro atoms. The zero-order valence-corrected chi connectivity index (χ0v) is 9.65. The molecule has 3 nitrogen and oxygen atoms in total. The van der Waals surface area contributed by atoms with Crippen molar-refractivity contribution < 1.29 is 4.79 Å². The molecule has 15 heavy (non-hydrogen) atoms. The van der Waals surface area contributed by atoms with Crippen LogP contribution in [-0.2, 0) is 4.79 Å². The van der Waals surface area contributed by atoms with Crippen molar-refractivity contribution in [3.63, 3.8) is 0 Å². The van der Waals surface area contributed by atoms with Crippen LogP contribution in [0.4, 0.5) is 5.69 Å². The fourth-order valence-electron chi connectivity index (χ4n) is 1.35. The summed E-state index contributed by atoms with van der Waals surface area (Å²) in [6.07, 6.45) is 0. The van der Waals surface area contributed by atoms with E-state index in [1.807, 2.05) is 37.3 Å². The number of para-hydroxylation sites is 1. The molecule has 1 unspecified atom stereocenters. The van der Waals surface area contributed by atoms with Crippen molar-refractivity contribution >= 4 is 24.2 Å². The van der Waals surface area contributed by atoms with Crippen molar-refractivity contribution in [1.82, 2.24) is 0 Å². The first-order valence-corrected chi connectivity index (χ1v) is 5.56. The summed E-state index contributed by atoms with van der Waals surface area (Å²) in [5, 5.41) is 0. The van der Waals surface area contributed by atoms with Gasteiger partial charge in [0.05, 0.1) is 6.04 Å². The van der Waals surface area contributed by atoms with Gasteiger partial charge in [-0.05, 0) is 19.1 Å². The maximum Gasteiger partial charge on any atom is 0.244 e. The standard InChI is InChI=1S/C11H16N2OS/c1-2-13(11(14)10(12)8-15)9-6-4-3-5-7-9/h3-7,10,15H,2,8,12H2,1H3. The van der Waals surface area contributed by atoms with Crippen LogP contribution in [0.25, 0.3) is 0 Å². The van der Waals surface area contributed by atoms with Crippen LogP contribution in [0.15, 0.2) is 30.3 Å². The van der Waals surface area contributed by atoms with Crippen LogP contribution in [0.5, 0.6) is 0 Å². The number of benzene rings is 1. The molecule has 0 aromatic heterocycles. The molecule has 4 heteroatoms. The van der Waals surface area contributed by atoms with Gasteiger partial charge in [0, 0.05) is 18.0 Å². The van der Waals surface area contributed by atoms with Gasteiger partial charge in [0.2, 0.25) is 5.91 Å². The predicted octanol–water partition coefficient (Wildman–Crippen LogP) is 1.30. The summed E-state index contributed by atoms with van der Waals surface area (Å²) >= 11 is 4.03. The number of amides is 1. The van der Waals surface area contributed by atoms with E-state index in [0.29, 0.717) is 12.3 Å². The molecule has 0 saturated carbocycles. The number of thiol groups is 1. The minimum Gasteiger partial charge on any atom is -0.319 e. The Morgan fingerprint density at radius 1 is 1.47 bits per heavy atom. The highest BCUT2D eigenvalue weighted by Crippen LogP contribution is 2.13. The third kappa shape index (κ3) is 2.97. The predicted molar refractivity (Wildman–Crippen MR) is 66.3 cm³/mol. The Hall–Kier alpha value is -1.00. The lowest BCUT2D eigenvalue weighted by atomic mass is 10.2. The molecule has 1 aromatic carbocycles. The number of carbonyl (C=O) groups is 1. The number of anilines is 1. The maximum atomic E-state index is 11.9. The van der Waals surface area contributed by atoms with E-state index in [0.717, 1.165) is 5.69 Å².